The van der Waals surface area contributed by atoms with Crippen LogP contribution in [0.15, 0.2) is 30.3 Å². The summed E-state index contributed by atoms with van der Waals surface area (Å²) in [5.41, 5.74) is 3.08. The first kappa shape index (κ1) is 16.6. The van der Waals surface area contributed by atoms with Gasteiger partial charge in [0.25, 0.3) is 0 Å². The van der Waals surface area contributed by atoms with E-state index < -0.39 is 0 Å². The predicted molar refractivity (Wildman–Crippen MR) is 97.6 cm³/mol. The number of ether oxygens (including phenoxy) is 2. The molecule has 1 unspecified atom stereocenters. The van der Waals surface area contributed by atoms with Crippen molar-refractivity contribution in [3.05, 3.63) is 47.0 Å². The zero-order valence-corrected chi connectivity index (χ0v) is 14.8. The van der Waals surface area contributed by atoms with Crippen molar-refractivity contribution in [3.8, 4) is 0 Å². The fraction of sp³-hybridized carbons (Fsp3) is 0.476. The van der Waals surface area contributed by atoms with Gasteiger partial charge in [0.1, 0.15) is 6.61 Å². The molecule has 4 rings (SSSR count). The number of benzene rings is 2. The number of hydrogen-bond donors (Lipinski definition) is 0. The summed E-state index contributed by atoms with van der Waals surface area (Å²) in [5, 5.41) is 2.25. The number of nitrogens with zero attached hydrogens (tertiary/aromatic N) is 1. The average molecular weight is 339 g/mol. The summed E-state index contributed by atoms with van der Waals surface area (Å²) < 4.78 is 11.0. The number of rotatable bonds is 6. The van der Waals surface area contributed by atoms with Crippen molar-refractivity contribution < 1.29 is 14.3 Å². The van der Waals surface area contributed by atoms with E-state index in [1.54, 1.807) is 0 Å². The Morgan fingerprint density at radius 2 is 2.16 bits per heavy atom. The van der Waals surface area contributed by atoms with Crippen LogP contribution in [0.2, 0.25) is 0 Å². The molecule has 0 spiro atoms. The van der Waals surface area contributed by atoms with Gasteiger partial charge in [-0.25, -0.2) is 4.79 Å². The molecule has 0 bridgehead atoms. The van der Waals surface area contributed by atoms with E-state index in [0.717, 1.165) is 43.5 Å². The van der Waals surface area contributed by atoms with Crippen LogP contribution in [0.5, 0.6) is 0 Å². The number of carbonyl (C=O) groups excluding carboxylic acids is 1. The van der Waals surface area contributed by atoms with Crippen molar-refractivity contribution in [1.29, 1.82) is 0 Å². The summed E-state index contributed by atoms with van der Waals surface area (Å²) in [7, 11) is 2.17. The molecule has 4 nitrogen and oxygen atoms in total. The third kappa shape index (κ3) is 3.42. The maximum atomic E-state index is 12.0. The van der Waals surface area contributed by atoms with Crippen LogP contribution in [-0.2, 0) is 22.6 Å². The molecule has 2 aromatic carbocycles. The highest BCUT2D eigenvalue weighted by Crippen LogP contribution is 2.31. The average Bonchev–Trinajstić information content (AvgIpc) is 3.13. The number of cyclic esters (lactones) is 1. The van der Waals surface area contributed by atoms with Crippen molar-refractivity contribution in [2.24, 2.45) is 0 Å². The molecular weight excluding hydrogens is 314 g/mol. The standard InChI is InChI=1S/C21H25NO3/c1-22(11-3-5-17-6-4-12-24-17)13-15-9-10-16-14-25-21(23)19-8-2-7-18(15)20(16)19/h2,7-10,17H,3-6,11-14H2,1H3. The molecule has 0 aliphatic carbocycles. The lowest BCUT2D eigenvalue weighted by Crippen LogP contribution is -2.21. The molecule has 2 aliphatic rings. The third-order valence-corrected chi connectivity index (χ3v) is 5.33. The minimum atomic E-state index is -0.208. The maximum absolute atomic E-state index is 12.0. The van der Waals surface area contributed by atoms with Crippen molar-refractivity contribution >= 4 is 16.7 Å². The molecule has 1 atom stereocenters. The quantitative estimate of drug-likeness (QED) is 0.748. The van der Waals surface area contributed by atoms with Gasteiger partial charge in [-0.05, 0) is 61.9 Å². The van der Waals surface area contributed by atoms with Crippen molar-refractivity contribution in [2.75, 3.05) is 20.2 Å². The molecule has 2 heterocycles. The first-order valence-electron chi connectivity index (χ1n) is 9.23. The zero-order chi connectivity index (χ0) is 17.2. The second-order valence-corrected chi connectivity index (χ2v) is 7.20. The van der Waals surface area contributed by atoms with Gasteiger partial charge in [0, 0.05) is 18.5 Å². The Labute approximate surface area is 148 Å². The van der Waals surface area contributed by atoms with Gasteiger partial charge >= 0.3 is 5.97 Å². The van der Waals surface area contributed by atoms with E-state index >= 15 is 0 Å². The fourth-order valence-corrected chi connectivity index (χ4v) is 4.02. The summed E-state index contributed by atoms with van der Waals surface area (Å²) in [6.45, 7) is 3.26. The molecule has 0 amide bonds. The zero-order valence-electron chi connectivity index (χ0n) is 14.8. The van der Waals surface area contributed by atoms with Gasteiger partial charge in [-0.2, -0.15) is 0 Å². The molecule has 0 N–H and O–H groups in total. The van der Waals surface area contributed by atoms with Gasteiger partial charge in [-0.3, -0.25) is 0 Å². The Bertz CT molecular complexity index is 780. The van der Waals surface area contributed by atoms with Crippen LogP contribution in [0, 0.1) is 0 Å². The highest BCUT2D eigenvalue weighted by Gasteiger charge is 2.21. The molecule has 2 aliphatic heterocycles. The SMILES string of the molecule is CN(CCCC1CCCO1)Cc1ccc2c3c(cccc13)C(=O)OC2. The number of esters is 1. The van der Waals surface area contributed by atoms with E-state index in [0.29, 0.717) is 18.3 Å². The lowest BCUT2D eigenvalue weighted by molar-refractivity contribution is 0.0463. The smallest absolute Gasteiger partial charge is 0.339 e. The molecule has 132 valence electrons. The maximum Gasteiger partial charge on any atom is 0.339 e. The summed E-state index contributed by atoms with van der Waals surface area (Å²) in [4.78, 5) is 14.4. The summed E-state index contributed by atoms with van der Waals surface area (Å²) in [6.07, 6.45) is 5.22. The second-order valence-electron chi connectivity index (χ2n) is 7.20. The Kier molecular flexibility index (Phi) is 4.73. The largest absolute Gasteiger partial charge is 0.457 e. The van der Waals surface area contributed by atoms with E-state index in [-0.39, 0.29) is 5.97 Å². The minimum Gasteiger partial charge on any atom is -0.457 e. The normalized spacial score (nSPS) is 19.6. The van der Waals surface area contributed by atoms with Crippen LogP contribution >= 0.6 is 0 Å². The van der Waals surface area contributed by atoms with Crippen LogP contribution in [-0.4, -0.2) is 37.2 Å². The van der Waals surface area contributed by atoms with E-state index in [4.69, 9.17) is 9.47 Å². The Hall–Kier alpha value is -1.91. The van der Waals surface area contributed by atoms with Gasteiger partial charge in [0.05, 0.1) is 11.7 Å². The third-order valence-electron chi connectivity index (χ3n) is 5.33. The molecule has 1 saturated heterocycles. The summed E-state index contributed by atoms with van der Waals surface area (Å²) in [5.74, 6) is -0.208. The first-order chi connectivity index (χ1) is 12.2. The van der Waals surface area contributed by atoms with Crippen LogP contribution in [0.3, 0.4) is 0 Å². The molecule has 25 heavy (non-hydrogen) atoms. The predicted octanol–water partition coefficient (Wildman–Crippen LogP) is 3.90. The first-order valence-corrected chi connectivity index (χ1v) is 9.23. The van der Waals surface area contributed by atoms with Crippen molar-refractivity contribution in [2.45, 2.75) is 44.9 Å². The highest BCUT2D eigenvalue weighted by atomic mass is 16.5. The molecule has 0 aromatic heterocycles. The summed E-state index contributed by atoms with van der Waals surface area (Å²) >= 11 is 0. The van der Waals surface area contributed by atoms with Crippen LogP contribution in [0.25, 0.3) is 10.8 Å². The second kappa shape index (κ2) is 7.14. The van der Waals surface area contributed by atoms with Crippen LogP contribution in [0.4, 0.5) is 0 Å². The minimum absolute atomic E-state index is 0.208. The fourth-order valence-electron chi connectivity index (χ4n) is 4.02. The van der Waals surface area contributed by atoms with Gasteiger partial charge in [-0.15, -0.1) is 0 Å². The van der Waals surface area contributed by atoms with Gasteiger partial charge in [0.15, 0.2) is 0 Å². The van der Waals surface area contributed by atoms with Crippen molar-refractivity contribution in [3.63, 3.8) is 0 Å². The van der Waals surface area contributed by atoms with Gasteiger partial charge in [-0.1, -0.05) is 24.3 Å². The van der Waals surface area contributed by atoms with E-state index in [1.165, 1.54) is 23.8 Å². The number of carbonyl (C=O) groups is 1. The lowest BCUT2D eigenvalue weighted by Gasteiger charge is -2.22. The van der Waals surface area contributed by atoms with Crippen molar-refractivity contribution in [1.82, 2.24) is 4.90 Å². The molecule has 0 radical (unpaired) electrons. The Balaban J connectivity index is 1.47. The summed E-state index contributed by atoms with van der Waals surface area (Å²) in [6, 6.07) is 10.2. The number of hydrogen-bond acceptors (Lipinski definition) is 4. The lowest BCUT2D eigenvalue weighted by atomic mass is 9.94. The van der Waals surface area contributed by atoms with E-state index in [2.05, 4.69) is 30.1 Å². The van der Waals surface area contributed by atoms with E-state index in [9.17, 15) is 4.79 Å². The monoisotopic (exact) mass is 339 g/mol. The molecule has 2 aromatic rings. The Morgan fingerprint density at radius 3 is 3.00 bits per heavy atom. The van der Waals surface area contributed by atoms with Crippen LogP contribution in [0.1, 0.15) is 47.2 Å². The Morgan fingerprint density at radius 1 is 1.24 bits per heavy atom. The molecule has 1 fully saturated rings. The topological polar surface area (TPSA) is 38.8 Å². The molecule has 4 heteroatoms. The van der Waals surface area contributed by atoms with E-state index in [1.807, 2.05) is 12.1 Å². The molecule has 0 saturated carbocycles. The van der Waals surface area contributed by atoms with Crippen LogP contribution < -0.4 is 0 Å². The van der Waals surface area contributed by atoms with Gasteiger partial charge in [0.2, 0.25) is 0 Å². The molecular formula is C21H25NO3. The van der Waals surface area contributed by atoms with Gasteiger partial charge < -0.3 is 14.4 Å². The highest BCUT2D eigenvalue weighted by molar-refractivity contribution is 6.08.